The number of hydrogen-bond donors (Lipinski definition) is 2. The fraction of sp³-hybridized carbons (Fsp3) is 0.300. The molecule has 27 heavy (non-hydrogen) atoms. The predicted octanol–water partition coefficient (Wildman–Crippen LogP) is 4.60. The van der Waals surface area contributed by atoms with E-state index in [4.69, 9.17) is 16.3 Å². The van der Waals surface area contributed by atoms with Crippen LogP contribution in [0.5, 0.6) is 5.75 Å². The van der Waals surface area contributed by atoms with Gasteiger partial charge in [0.2, 0.25) is 11.8 Å². The largest absolute Gasteiger partial charge is 0.497 e. The van der Waals surface area contributed by atoms with Crippen LogP contribution >= 0.6 is 23.4 Å². The molecule has 0 saturated carbocycles. The maximum atomic E-state index is 12.5. The maximum Gasteiger partial charge on any atom is 0.247 e. The molecule has 7 heteroatoms. The second-order valence-corrected chi connectivity index (χ2v) is 7.86. The minimum absolute atomic E-state index is 0.0331. The van der Waals surface area contributed by atoms with Crippen LogP contribution in [-0.4, -0.2) is 25.0 Å². The van der Waals surface area contributed by atoms with Gasteiger partial charge in [-0.25, -0.2) is 0 Å². The first-order valence-corrected chi connectivity index (χ1v) is 9.69. The molecule has 5 nitrogen and oxygen atoms in total. The summed E-state index contributed by atoms with van der Waals surface area (Å²) in [4.78, 5) is 25.7. The first-order valence-electron chi connectivity index (χ1n) is 8.49. The van der Waals surface area contributed by atoms with Crippen molar-refractivity contribution in [1.82, 2.24) is 5.32 Å². The number of halogens is 1. The predicted molar refractivity (Wildman–Crippen MR) is 110 cm³/mol. The number of carbonyl (C=O) groups is 2. The number of methoxy groups -OCH3 is 1. The molecular weight excluding hydrogens is 384 g/mol. The van der Waals surface area contributed by atoms with E-state index in [-0.39, 0.29) is 17.7 Å². The van der Waals surface area contributed by atoms with Gasteiger partial charge in [0.1, 0.15) is 11.8 Å². The van der Waals surface area contributed by atoms with Crippen molar-refractivity contribution in [2.24, 2.45) is 5.92 Å². The molecule has 0 heterocycles. The summed E-state index contributed by atoms with van der Waals surface area (Å²) in [6, 6.07) is 12.4. The van der Waals surface area contributed by atoms with Crippen LogP contribution in [0.1, 0.15) is 20.8 Å². The first kappa shape index (κ1) is 21.1. The highest BCUT2D eigenvalue weighted by molar-refractivity contribution is 7.99. The van der Waals surface area contributed by atoms with Crippen LogP contribution < -0.4 is 15.4 Å². The lowest BCUT2D eigenvalue weighted by Crippen LogP contribution is -2.46. The molecule has 0 aliphatic carbocycles. The lowest BCUT2D eigenvalue weighted by Gasteiger charge is -2.21. The second kappa shape index (κ2) is 9.67. The van der Waals surface area contributed by atoms with E-state index in [1.807, 2.05) is 44.2 Å². The molecule has 0 spiro atoms. The smallest absolute Gasteiger partial charge is 0.247 e. The molecule has 0 aliphatic rings. The molecule has 1 unspecified atom stereocenters. The van der Waals surface area contributed by atoms with Gasteiger partial charge < -0.3 is 15.4 Å². The number of hydrogen-bond acceptors (Lipinski definition) is 4. The maximum absolute atomic E-state index is 12.5. The summed E-state index contributed by atoms with van der Waals surface area (Å²) in [6.45, 7) is 5.15. The Morgan fingerprint density at radius 3 is 2.30 bits per heavy atom. The van der Waals surface area contributed by atoms with Gasteiger partial charge in [0.15, 0.2) is 0 Å². The van der Waals surface area contributed by atoms with E-state index < -0.39 is 6.04 Å². The van der Waals surface area contributed by atoms with Crippen LogP contribution in [0.25, 0.3) is 0 Å². The molecule has 2 aromatic carbocycles. The third-order valence-corrected chi connectivity index (χ3v) is 5.30. The Labute approximate surface area is 168 Å². The van der Waals surface area contributed by atoms with Crippen LogP contribution in [0.2, 0.25) is 5.02 Å². The molecule has 0 aliphatic heterocycles. The summed E-state index contributed by atoms with van der Waals surface area (Å²) < 4.78 is 5.15. The molecule has 0 aromatic heterocycles. The summed E-state index contributed by atoms with van der Waals surface area (Å²) >= 11 is 7.90. The fourth-order valence-corrected chi connectivity index (χ4v) is 3.52. The summed E-state index contributed by atoms with van der Waals surface area (Å²) in [5.74, 6) is 0.247. The lowest BCUT2D eigenvalue weighted by molar-refractivity contribution is -0.126. The van der Waals surface area contributed by atoms with Gasteiger partial charge in [0.05, 0.1) is 12.1 Å². The Kier molecular flexibility index (Phi) is 7.56. The van der Waals surface area contributed by atoms with Gasteiger partial charge in [-0.3, -0.25) is 9.59 Å². The topological polar surface area (TPSA) is 67.4 Å². The number of ether oxygens (including phenoxy) is 1. The minimum atomic E-state index is -0.602. The average Bonchev–Trinajstić information content (AvgIpc) is 2.62. The van der Waals surface area contributed by atoms with Gasteiger partial charge in [-0.05, 0) is 48.4 Å². The van der Waals surface area contributed by atoms with Crippen LogP contribution in [0.3, 0.4) is 0 Å². The van der Waals surface area contributed by atoms with E-state index in [0.29, 0.717) is 10.7 Å². The second-order valence-electron chi connectivity index (χ2n) is 6.33. The van der Waals surface area contributed by atoms with E-state index in [0.717, 1.165) is 15.5 Å². The Balaban J connectivity index is 2.08. The number of rotatable bonds is 7. The Morgan fingerprint density at radius 1 is 1.11 bits per heavy atom. The summed E-state index contributed by atoms with van der Waals surface area (Å²) in [5, 5.41) is 6.02. The summed E-state index contributed by atoms with van der Waals surface area (Å²) in [6.07, 6.45) is 0. The summed E-state index contributed by atoms with van der Waals surface area (Å²) in [5.41, 5.74) is 0.583. The quantitative estimate of drug-likeness (QED) is 0.705. The molecular formula is C20H23ClN2O3S. The molecule has 0 radical (unpaired) electrons. The molecule has 0 bridgehead atoms. The molecule has 2 N–H and O–H groups in total. The Bertz CT molecular complexity index is 809. The van der Waals surface area contributed by atoms with Gasteiger partial charge in [-0.15, -0.1) is 0 Å². The number of benzene rings is 2. The molecule has 0 fully saturated rings. The minimum Gasteiger partial charge on any atom is -0.497 e. The third-order valence-electron chi connectivity index (χ3n) is 3.79. The normalized spacial score (nSPS) is 11.8. The zero-order valence-corrected chi connectivity index (χ0v) is 17.3. The molecule has 0 saturated heterocycles. The monoisotopic (exact) mass is 406 g/mol. The van der Waals surface area contributed by atoms with Crippen molar-refractivity contribution in [3.63, 3.8) is 0 Å². The lowest BCUT2D eigenvalue weighted by atomic mass is 10.0. The fourth-order valence-electron chi connectivity index (χ4n) is 2.41. The number of anilines is 1. The Morgan fingerprint density at radius 2 is 1.78 bits per heavy atom. The zero-order chi connectivity index (χ0) is 20.0. The van der Waals surface area contributed by atoms with Crippen molar-refractivity contribution in [1.29, 1.82) is 0 Å². The zero-order valence-electron chi connectivity index (χ0n) is 15.7. The van der Waals surface area contributed by atoms with Gasteiger partial charge >= 0.3 is 0 Å². The van der Waals surface area contributed by atoms with E-state index in [1.54, 1.807) is 19.2 Å². The number of nitrogens with one attached hydrogen (secondary N) is 2. The van der Waals surface area contributed by atoms with Crippen LogP contribution in [0.4, 0.5) is 5.69 Å². The average molecular weight is 407 g/mol. The van der Waals surface area contributed by atoms with Crippen LogP contribution in [0, 0.1) is 5.92 Å². The van der Waals surface area contributed by atoms with E-state index >= 15 is 0 Å². The van der Waals surface area contributed by atoms with Crippen molar-refractivity contribution in [3.8, 4) is 5.75 Å². The number of amides is 2. The van der Waals surface area contributed by atoms with Gasteiger partial charge in [-0.2, -0.15) is 0 Å². The SMILES string of the molecule is COc1ccc(Sc2ccc(NC(=O)C(NC(C)=O)C(C)C)cc2Cl)cc1. The number of carbonyl (C=O) groups excluding carboxylic acids is 2. The van der Waals surface area contributed by atoms with E-state index in [9.17, 15) is 9.59 Å². The highest BCUT2D eigenvalue weighted by Gasteiger charge is 2.23. The van der Waals surface area contributed by atoms with E-state index in [1.165, 1.54) is 18.7 Å². The van der Waals surface area contributed by atoms with E-state index in [2.05, 4.69) is 10.6 Å². The van der Waals surface area contributed by atoms with Crippen LogP contribution in [-0.2, 0) is 9.59 Å². The summed E-state index contributed by atoms with van der Waals surface area (Å²) in [7, 11) is 1.63. The molecule has 2 aromatic rings. The highest BCUT2D eigenvalue weighted by Crippen LogP contribution is 2.35. The Hall–Kier alpha value is -2.18. The van der Waals surface area contributed by atoms with Crippen molar-refractivity contribution < 1.29 is 14.3 Å². The van der Waals surface area contributed by atoms with Crippen molar-refractivity contribution >= 4 is 40.9 Å². The third kappa shape index (κ3) is 6.19. The van der Waals surface area contributed by atoms with Crippen molar-refractivity contribution in [2.75, 3.05) is 12.4 Å². The highest BCUT2D eigenvalue weighted by atomic mass is 35.5. The first-order chi connectivity index (χ1) is 12.8. The molecule has 1 atom stereocenters. The van der Waals surface area contributed by atoms with Crippen molar-refractivity contribution in [2.45, 2.75) is 36.6 Å². The van der Waals surface area contributed by atoms with Crippen LogP contribution in [0.15, 0.2) is 52.3 Å². The molecule has 2 rings (SSSR count). The van der Waals surface area contributed by atoms with Crippen molar-refractivity contribution in [3.05, 3.63) is 47.5 Å². The standard InChI is InChI=1S/C20H23ClN2O3S/c1-12(2)19(22-13(3)24)20(25)23-14-5-10-18(17(21)11-14)27-16-8-6-15(26-4)7-9-16/h5-12,19H,1-4H3,(H,22,24)(H,23,25). The van der Waals surface area contributed by atoms with Gasteiger partial charge in [0.25, 0.3) is 0 Å². The van der Waals surface area contributed by atoms with Gasteiger partial charge in [-0.1, -0.05) is 37.2 Å². The van der Waals surface area contributed by atoms with Gasteiger partial charge in [0, 0.05) is 22.4 Å². The molecule has 2 amide bonds. The molecule has 144 valence electrons.